The van der Waals surface area contributed by atoms with Crippen LogP contribution in [0.1, 0.15) is 156 Å². The van der Waals surface area contributed by atoms with Crippen molar-refractivity contribution in [3.8, 4) is 0 Å². The van der Waals surface area contributed by atoms with Gasteiger partial charge in [-0.2, -0.15) is 0 Å². The highest BCUT2D eigenvalue weighted by atomic mass is 14.8. The van der Waals surface area contributed by atoms with Gasteiger partial charge in [-0.1, -0.05) is 142 Å². The second-order valence-electron chi connectivity index (χ2n) is 6.70. The van der Waals surface area contributed by atoms with Crippen LogP contribution in [0.15, 0.2) is 16.6 Å². The molecule has 0 radical (unpaired) electrons. The highest BCUT2D eigenvalue weighted by Crippen LogP contribution is 2.11. The molecule has 0 bridgehead atoms. The fraction of sp³-hybridized carbons (Fsp3) is 0.897. The smallest absolute Gasteiger partial charge is 0.0496 e. The SMILES string of the molecule is C/C=C(\C=NC(C)C(C)CC)CCC.CC.CC.CC.CC.CCCC(C)CCC. The van der Waals surface area contributed by atoms with E-state index in [1.54, 1.807) is 0 Å². The van der Waals surface area contributed by atoms with Gasteiger partial charge >= 0.3 is 0 Å². The van der Waals surface area contributed by atoms with Crippen molar-refractivity contribution in [2.75, 3.05) is 0 Å². The highest BCUT2D eigenvalue weighted by Gasteiger charge is 2.06. The third-order valence-corrected chi connectivity index (χ3v) is 4.42. The molecule has 0 aliphatic rings. The van der Waals surface area contributed by atoms with Gasteiger partial charge in [0, 0.05) is 12.3 Å². The summed E-state index contributed by atoms with van der Waals surface area (Å²) < 4.78 is 0. The van der Waals surface area contributed by atoms with Crippen LogP contribution in [0.2, 0.25) is 0 Å². The third kappa shape index (κ3) is 41.7. The van der Waals surface area contributed by atoms with Crippen molar-refractivity contribution >= 4 is 6.21 Å². The summed E-state index contributed by atoms with van der Waals surface area (Å²) in [5.74, 6) is 1.65. The molecule has 2 unspecified atom stereocenters. The summed E-state index contributed by atoms with van der Waals surface area (Å²) in [6, 6.07) is 0.451. The first-order valence-corrected chi connectivity index (χ1v) is 13.6. The van der Waals surface area contributed by atoms with E-state index in [0.717, 1.165) is 12.3 Å². The summed E-state index contributed by atoms with van der Waals surface area (Å²) in [5.41, 5.74) is 1.36. The number of nitrogens with zero attached hydrogens (tertiary/aromatic N) is 1. The van der Waals surface area contributed by atoms with Crippen LogP contribution in [-0.2, 0) is 0 Å². The number of allylic oxidation sites excluding steroid dienone is 2. The van der Waals surface area contributed by atoms with E-state index in [-0.39, 0.29) is 0 Å². The molecule has 0 amide bonds. The van der Waals surface area contributed by atoms with Gasteiger partial charge in [0.1, 0.15) is 0 Å². The molecule has 0 aliphatic heterocycles. The van der Waals surface area contributed by atoms with Gasteiger partial charge in [0.2, 0.25) is 0 Å². The molecule has 0 heterocycles. The Morgan fingerprint density at radius 2 is 1.10 bits per heavy atom. The summed E-state index contributed by atoms with van der Waals surface area (Å²) in [6.45, 7) is 33.8. The Labute approximate surface area is 196 Å². The molecule has 0 rings (SSSR count). The van der Waals surface area contributed by atoms with E-state index in [4.69, 9.17) is 0 Å². The monoisotopic (exact) mass is 430 g/mol. The zero-order valence-corrected chi connectivity index (χ0v) is 24.8. The molecule has 188 valence electrons. The van der Waals surface area contributed by atoms with E-state index in [2.05, 4.69) is 72.7 Å². The first kappa shape index (κ1) is 43.3. The second-order valence-corrected chi connectivity index (χ2v) is 6.70. The average molecular weight is 430 g/mol. The molecular formula is C29H67N. The standard InChI is InChI=1S/C13H25N.C8H18.4C2H6/c1-6-9-13(8-3)10-14-12(5)11(4)7-2;1-4-6-8(3)7-5-2;4*1-2/h8,10-12H,6-7,9H2,1-5H3;8H,4-7H2,1-3H3;4*1-2H3/b13-8-,14-10?;;;;;. The normalized spacial score (nSPS) is 11.7. The first-order valence-electron chi connectivity index (χ1n) is 13.6. The fourth-order valence-corrected chi connectivity index (χ4v) is 2.40. The van der Waals surface area contributed by atoms with Crippen LogP contribution >= 0.6 is 0 Å². The largest absolute Gasteiger partial charge is 0.290 e. The van der Waals surface area contributed by atoms with Crippen LogP contribution in [0.25, 0.3) is 0 Å². The topological polar surface area (TPSA) is 12.4 Å². The van der Waals surface area contributed by atoms with Crippen molar-refractivity contribution in [2.24, 2.45) is 16.8 Å². The third-order valence-electron chi connectivity index (χ3n) is 4.42. The molecule has 0 saturated carbocycles. The minimum Gasteiger partial charge on any atom is -0.290 e. The van der Waals surface area contributed by atoms with Gasteiger partial charge in [-0.25, -0.2) is 0 Å². The van der Waals surface area contributed by atoms with Crippen LogP contribution in [0.5, 0.6) is 0 Å². The Kier molecular flexibility index (Phi) is 67.2. The minimum atomic E-state index is 0.451. The van der Waals surface area contributed by atoms with Crippen molar-refractivity contribution in [2.45, 2.75) is 162 Å². The fourth-order valence-electron chi connectivity index (χ4n) is 2.40. The summed E-state index contributed by atoms with van der Waals surface area (Å²) in [5, 5.41) is 0. The van der Waals surface area contributed by atoms with Gasteiger partial charge in [0.05, 0.1) is 0 Å². The zero-order chi connectivity index (χ0) is 25.4. The molecular weight excluding hydrogens is 362 g/mol. The van der Waals surface area contributed by atoms with Crippen molar-refractivity contribution in [3.63, 3.8) is 0 Å². The van der Waals surface area contributed by atoms with Gasteiger partial charge < -0.3 is 0 Å². The van der Waals surface area contributed by atoms with Crippen molar-refractivity contribution in [3.05, 3.63) is 11.6 Å². The molecule has 1 nitrogen and oxygen atoms in total. The summed E-state index contributed by atoms with van der Waals surface area (Å²) >= 11 is 0. The number of hydrogen-bond donors (Lipinski definition) is 0. The van der Waals surface area contributed by atoms with Gasteiger partial charge in [-0.3, -0.25) is 4.99 Å². The minimum absolute atomic E-state index is 0.451. The lowest BCUT2D eigenvalue weighted by Crippen LogP contribution is -2.10. The van der Waals surface area contributed by atoms with Crippen LogP contribution in [-0.4, -0.2) is 12.3 Å². The highest BCUT2D eigenvalue weighted by molar-refractivity contribution is 5.78. The Bertz CT molecular complexity index is 272. The summed E-state index contributed by atoms with van der Waals surface area (Å²) in [6.07, 6.45) is 13.3. The zero-order valence-electron chi connectivity index (χ0n) is 24.8. The molecule has 0 aromatic carbocycles. The van der Waals surface area contributed by atoms with Crippen LogP contribution in [0.3, 0.4) is 0 Å². The predicted octanol–water partition coefficient (Wildman–Crippen LogP) is 11.6. The lowest BCUT2D eigenvalue weighted by atomic mass is 10.0. The average Bonchev–Trinajstić information content (AvgIpc) is 2.82. The molecule has 2 atom stereocenters. The molecule has 1 heteroatoms. The van der Waals surface area contributed by atoms with E-state index in [1.807, 2.05) is 55.4 Å². The lowest BCUT2D eigenvalue weighted by molar-refractivity contribution is 0.473. The number of aliphatic imine (C=N–C) groups is 1. The van der Waals surface area contributed by atoms with E-state index in [0.29, 0.717) is 12.0 Å². The van der Waals surface area contributed by atoms with E-state index in [1.165, 1.54) is 44.1 Å². The molecule has 0 saturated heterocycles. The van der Waals surface area contributed by atoms with Crippen LogP contribution < -0.4 is 0 Å². The van der Waals surface area contributed by atoms with Gasteiger partial charge in [-0.15, -0.1) is 0 Å². The van der Waals surface area contributed by atoms with Gasteiger partial charge in [0.25, 0.3) is 0 Å². The second kappa shape index (κ2) is 46.6. The van der Waals surface area contributed by atoms with E-state index >= 15 is 0 Å². The molecule has 0 aromatic heterocycles. The van der Waals surface area contributed by atoms with Crippen LogP contribution in [0, 0.1) is 11.8 Å². The van der Waals surface area contributed by atoms with Crippen molar-refractivity contribution < 1.29 is 0 Å². The van der Waals surface area contributed by atoms with Crippen molar-refractivity contribution in [1.29, 1.82) is 0 Å². The molecule has 30 heavy (non-hydrogen) atoms. The summed E-state index contributed by atoms with van der Waals surface area (Å²) in [4.78, 5) is 4.59. The van der Waals surface area contributed by atoms with E-state index in [9.17, 15) is 0 Å². The van der Waals surface area contributed by atoms with E-state index < -0.39 is 0 Å². The van der Waals surface area contributed by atoms with Gasteiger partial charge in [0.15, 0.2) is 0 Å². The van der Waals surface area contributed by atoms with Crippen molar-refractivity contribution in [1.82, 2.24) is 0 Å². The molecule has 0 aromatic rings. The quantitative estimate of drug-likeness (QED) is 0.306. The predicted molar refractivity (Wildman–Crippen MR) is 150 cm³/mol. The number of rotatable bonds is 10. The molecule has 0 N–H and O–H groups in total. The first-order chi connectivity index (χ1) is 14.5. The molecule has 0 spiro atoms. The molecule has 0 fully saturated rings. The lowest BCUT2D eigenvalue weighted by Gasteiger charge is -2.13. The van der Waals surface area contributed by atoms with Crippen LogP contribution in [0.4, 0.5) is 0 Å². The Morgan fingerprint density at radius 3 is 1.37 bits per heavy atom. The Hall–Kier alpha value is -0.590. The maximum absolute atomic E-state index is 4.59. The van der Waals surface area contributed by atoms with Gasteiger partial charge in [-0.05, 0) is 37.7 Å². The summed E-state index contributed by atoms with van der Waals surface area (Å²) in [7, 11) is 0. The Morgan fingerprint density at radius 1 is 0.700 bits per heavy atom. The maximum atomic E-state index is 4.59. The maximum Gasteiger partial charge on any atom is 0.0496 e. The molecule has 0 aliphatic carbocycles. The Balaban J connectivity index is -0.0000000764. The number of hydrogen-bond acceptors (Lipinski definition) is 1.